The van der Waals surface area contributed by atoms with E-state index >= 15 is 0 Å². The summed E-state index contributed by atoms with van der Waals surface area (Å²) in [5.74, 6) is -1.39. The van der Waals surface area contributed by atoms with Gasteiger partial charge in [-0.1, -0.05) is 0 Å². The van der Waals surface area contributed by atoms with E-state index in [4.69, 9.17) is 0 Å². The third-order valence-electron chi connectivity index (χ3n) is 6.11. The summed E-state index contributed by atoms with van der Waals surface area (Å²) in [5, 5.41) is 23.4. The number of amides is 2. The van der Waals surface area contributed by atoms with E-state index in [0.29, 0.717) is 42.9 Å². The first-order valence-electron chi connectivity index (χ1n) is 10.8. The maximum atomic E-state index is 13.5. The van der Waals surface area contributed by atoms with E-state index in [1.165, 1.54) is 16.8 Å². The zero-order chi connectivity index (χ0) is 23.1. The van der Waals surface area contributed by atoms with Gasteiger partial charge in [0.15, 0.2) is 5.69 Å². The summed E-state index contributed by atoms with van der Waals surface area (Å²) >= 11 is 0. The fraction of sp³-hybridized carbons (Fsp3) is 0.250. The number of piperidine rings is 1. The lowest BCUT2D eigenvalue weighted by Crippen LogP contribution is -2.39. The van der Waals surface area contributed by atoms with E-state index in [9.17, 15) is 24.6 Å². The second kappa shape index (κ2) is 8.09. The molecule has 0 bridgehead atoms. The zero-order valence-electron chi connectivity index (χ0n) is 17.8. The predicted molar refractivity (Wildman–Crippen MR) is 120 cm³/mol. The lowest BCUT2D eigenvalue weighted by molar-refractivity contribution is -0.119. The van der Waals surface area contributed by atoms with Gasteiger partial charge in [0.1, 0.15) is 11.4 Å². The molecule has 2 aliphatic rings. The molecule has 0 atom stereocenters. The molecule has 3 heterocycles. The van der Waals surface area contributed by atoms with E-state index < -0.39 is 5.97 Å². The van der Waals surface area contributed by atoms with E-state index in [1.807, 2.05) is 12.1 Å². The Morgan fingerprint density at radius 1 is 0.818 bits per heavy atom. The van der Waals surface area contributed by atoms with Crippen molar-refractivity contribution in [2.24, 2.45) is 0 Å². The van der Waals surface area contributed by atoms with Crippen molar-refractivity contribution in [1.29, 1.82) is 0 Å². The normalized spacial score (nSPS) is 16.1. The van der Waals surface area contributed by atoms with Crippen LogP contribution in [0.5, 0.6) is 5.75 Å². The van der Waals surface area contributed by atoms with Gasteiger partial charge in [-0.15, -0.1) is 0 Å². The highest BCUT2D eigenvalue weighted by atomic mass is 16.4. The highest BCUT2D eigenvalue weighted by Gasteiger charge is 2.35. The van der Waals surface area contributed by atoms with E-state index in [2.05, 4.69) is 5.10 Å². The number of carbonyl (C=O) groups excluding carboxylic acids is 2. The number of anilines is 2. The SMILES string of the molecule is O=C(O)c1nn(-c2ccc(O)cc2)c2c1CCN(c1ccc(N3CCCCC3=O)cc1)C2=O. The minimum Gasteiger partial charge on any atom is -0.508 e. The predicted octanol–water partition coefficient (Wildman–Crippen LogP) is 3.00. The maximum absolute atomic E-state index is 13.5. The molecule has 0 radical (unpaired) electrons. The third-order valence-corrected chi connectivity index (χ3v) is 6.11. The number of benzene rings is 2. The van der Waals surface area contributed by atoms with Crippen LogP contribution in [0, 0.1) is 0 Å². The first kappa shape index (κ1) is 20.7. The number of carboxylic acids is 1. The fourth-order valence-electron chi connectivity index (χ4n) is 4.45. The molecule has 0 spiro atoms. The van der Waals surface area contributed by atoms with Crippen LogP contribution in [0.4, 0.5) is 11.4 Å². The second-order valence-corrected chi connectivity index (χ2v) is 8.13. The minimum atomic E-state index is -1.19. The molecule has 0 unspecified atom stereocenters. The number of aromatic nitrogens is 2. The van der Waals surface area contributed by atoms with Crippen molar-refractivity contribution in [1.82, 2.24) is 9.78 Å². The lowest BCUT2D eigenvalue weighted by Gasteiger charge is -2.29. The number of phenolic OH excluding ortho intramolecular Hbond substituents is 1. The van der Waals surface area contributed by atoms with E-state index in [-0.39, 0.29) is 29.0 Å². The Kier molecular flexibility index (Phi) is 5.08. The number of carboxylic acid groups (broad SMARTS) is 1. The lowest BCUT2D eigenvalue weighted by atomic mass is 10.0. The van der Waals surface area contributed by atoms with Crippen LogP contribution in [0.2, 0.25) is 0 Å². The maximum Gasteiger partial charge on any atom is 0.356 e. The molecule has 5 rings (SSSR count). The van der Waals surface area contributed by atoms with Gasteiger partial charge in [0.05, 0.1) is 5.69 Å². The standard InChI is InChI=1S/C24H22N4O5/c29-18-10-8-17(9-11-18)28-22-19(21(25-28)24(32)33)12-14-27(23(22)31)16-6-4-15(5-7-16)26-13-2-1-3-20(26)30/h4-11,29H,1-3,12-14H2,(H,32,33). The molecular formula is C24H22N4O5. The van der Waals surface area contributed by atoms with E-state index in [1.54, 1.807) is 34.1 Å². The summed E-state index contributed by atoms with van der Waals surface area (Å²) < 4.78 is 1.33. The molecule has 2 N–H and O–H groups in total. The highest BCUT2D eigenvalue weighted by Crippen LogP contribution is 2.31. The summed E-state index contributed by atoms with van der Waals surface area (Å²) in [6, 6.07) is 13.3. The topological polar surface area (TPSA) is 116 Å². The van der Waals surface area contributed by atoms with Gasteiger partial charge >= 0.3 is 5.97 Å². The van der Waals surface area contributed by atoms with Crippen LogP contribution < -0.4 is 9.80 Å². The van der Waals surface area contributed by atoms with Crippen molar-refractivity contribution in [2.75, 3.05) is 22.9 Å². The summed E-state index contributed by atoms with van der Waals surface area (Å²) in [6.07, 6.45) is 2.76. The van der Waals surface area contributed by atoms with Crippen molar-refractivity contribution in [3.8, 4) is 11.4 Å². The molecule has 168 valence electrons. The van der Waals surface area contributed by atoms with Crippen LogP contribution in [0.3, 0.4) is 0 Å². The average molecular weight is 446 g/mol. The molecule has 2 aliphatic heterocycles. The van der Waals surface area contributed by atoms with Gasteiger partial charge in [0.2, 0.25) is 5.91 Å². The van der Waals surface area contributed by atoms with Gasteiger partial charge in [-0.25, -0.2) is 9.48 Å². The summed E-state index contributed by atoms with van der Waals surface area (Å²) in [4.78, 5) is 40.8. The Bertz CT molecular complexity index is 1250. The molecule has 1 aromatic heterocycles. The number of fused-ring (bicyclic) bond motifs is 1. The largest absolute Gasteiger partial charge is 0.508 e. The van der Waals surface area contributed by atoms with Gasteiger partial charge in [0, 0.05) is 36.4 Å². The third kappa shape index (κ3) is 3.61. The number of hydrogen-bond donors (Lipinski definition) is 2. The minimum absolute atomic E-state index is 0.0541. The van der Waals surface area contributed by atoms with Crippen LogP contribution in [-0.4, -0.2) is 50.9 Å². The number of phenols is 1. The van der Waals surface area contributed by atoms with Crippen LogP contribution in [0.15, 0.2) is 48.5 Å². The Labute approximate surface area is 189 Å². The smallest absolute Gasteiger partial charge is 0.356 e. The van der Waals surface area contributed by atoms with Crippen molar-refractivity contribution in [2.45, 2.75) is 25.7 Å². The molecule has 9 heteroatoms. The highest BCUT2D eigenvalue weighted by molar-refractivity contribution is 6.09. The first-order chi connectivity index (χ1) is 15.9. The number of hydrogen-bond acceptors (Lipinski definition) is 5. The Balaban J connectivity index is 1.50. The van der Waals surface area contributed by atoms with Gasteiger partial charge in [0.25, 0.3) is 5.91 Å². The Hall–Kier alpha value is -4.14. The van der Waals surface area contributed by atoms with Crippen molar-refractivity contribution >= 4 is 29.2 Å². The van der Waals surface area contributed by atoms with Crippen LogP contribution in [0.1, 0.15) is 45.8 Å². The Morgan fingerprint density at radius 3 is 2.09 bits per heavy atom. The number of aromatic hydroxyl groups is 1. The zero-order valence-corrected chi connectivity index (χ0v) is 17.8. The van der Waals surface area contributed by atoms with E-state index in [0.717, 1.165) is 18.5 Å². The fourth-order valence-corrected chi connectivity index (χ4v) is 4.45. The molecule has 0 saturated carbocycles. The molecule has 1 fully saturated rings. The molecule has 1 saturated heterocycles. The van der Waals surface area contributed by atoms with Crippen molar-refractivity contribution < 1.29 is 24.6 Å². The second-order valence-electron chi connectivity index (χ2n) is 8.13. The number of carbonyl (C=O) groups is 3. The summed E-state index contributed by atoms with van der Waals surface area (Å²) in [7, 11) is 0. The van der Waals surface area contributed by atoms with Crippen LogP contribution in [0.25, 0.3) is 5.69 Å². The summed E-state index contributed by atoms with van der Waals surface area (Å²) in [5.41, 5.74) is 2.38. The molecule has 33 heavy (non-hydrogen) atoms. The molecule has 2 amide bonds. The molecular weight excluding hydrogens is 424 g/mol. The van der Waals surface area contributed by atoms with Crippen molar-refractivity contribution in [3.05, 3.63) is 65.5 Å². The first-order valence-corrected chi connectivity index (χ1v) is 10.8. The molecule has 3 aromatic rings. The van der Waals surface area contributed by atoms with Crippen LogP contribution >= 0.6 is 0 Å². The van der Waals surface area contributed by atoms with Crippen LogP contribution in [-0.2, 0) is 11.2 Å². The number of rotatable bonds is 4. The quantitative estimate of drug-likeness (QED) is 0.637. The number of aromatic carboxylic acids is 1. The number of nitrogens with zero attached hydrogens (tertiary/aromatic N) is 4. The summed E-state index contributed by atoms with van der Waals surface area (Å²) in [6.45, 7) is 1.00. The van der Waals surface area contributed by atoms with Gasteiger partial charge < -0.3 is 20.0 Å². The Morgan fingerprint density at radius 2 is 1.45 bits per heavy atom. The molecule has 0 aliphatic carbocycles. The van der Waals surface area contributed by atoms with Gasteiger partial charge in [-0.3, -0.25) is 9.59 Å². The molecule has 2 aromatic carbocycles. The van der Waals surface area contributed by atoms with Gasteiger partial charge in [-0.05, 0) is 67.8 Å². The monoisotopic (exact) mass is 446 g/mol. The molecule has 9 nitrogen and oxygen atoms in total. The van der Waals surface area contributed by atoms with Crippen molar-refractivity contribution in [3.63, 3.8) is 0 Å². The van der Waals surface area contributed by atoms with Gasteiger partial charge in [-0.2, -0.15) is 5.10 Å². The average Bonchev–Trinajstić information content (AvgIpc) is 3.21.